The lowest BCUT2D eigenvalue weighted by Gasteiger charge is -2.27. The van der Waals surface area contributed by atoms with Crippen molar-refractivity contribution in [1.29, 1.82) is 0 Å². The molecule has 0 fully saturated rings. The number of nitrogens with zero attached hydrogens (tertiary/aromatic N) is 1. The van der Waals surface area contributed by atoms with Crippen LogP contribution >= 0.6 is 11.3 Å². The summed E-state index contributed by atoms with van der Waals surface area (Å²) in [5.41, 5.74) is 3.68. The Kier molecular flexibility index (Phi) is 9.41. The Morgan fingerprint density at radius 2 is 1.67 bits per heavy atom. The summed E-state index contributed by atoms with van der Waals surface area (Å²) in [5, 5.41) is 16.7. The summed E-state index contributed by atoms with van der Waals surface area (Å²) >= 11 is 1.44. The predicted octanol–water partition coefficient (Wildman–Crippen LogP) is 3.48. The molecular formula is C25H29N3O4S. The SMILES string of the molecule is CC(=O)N[C@@H](Cc1ccccc1)C[C@H](O)[C@H](Cc1ccccc1)OC(=O)NCc1cncs1. The Bertz CT molecular complexity index is 983. The van der Waals surface area contributed by atoms with Crippen molar-refractivity contribution in [3.63, 3.8) is 0 Å². The van der Waals surface area contributed by atoms with E-state index in [2.05, 4.69) is 15.6 Å². The number of ether oxygens (including phenoxy) is 1. The third kappa shape index (κ3) is 8.67. The maximum Gasteiger partial charge on any atom is 0.407 e. The minimum atomic E-state index is -0.972. The molecule has 0 saturated heterocycles. The van der Waals surface area contributed by atoms with E-state index in [0.717, 1.165) is 16.0 Å². The number of aromatic nitrogens is 1. The summed E-state index contributed by atoms with van der Waals surface area (Å²) in [5.74, 6) is -0.175. The third-order valence-electron chi connectivity index (χ3n) is 5.12. The standard InChI is InChI=1S/C25H29N3O4S/c1-18(29)28-21(12-19-8-4-2-5-9-19)14-23(30)24(13-20-10-6-3-7-11-20)32-25(31)27-16-22-15-26-17-33-22/h2-11,15,17,21,23-24,30H,12-14,16H2,1H3,(H,27,31)(H,28,29)/t21-,23-,24-/m0/s1. The molecule has 1 heterocycles. The summed E-state index contributed by atoms with van der Waals surface area (Å²) < 4.78 is 5.64. The van der Waals surface area contributed by atoms with Crippen molar-refractivity contribution in [1.82, 2.24) is 15.6 Å². The molecule has 174 valence electrons. The second-order valence-corrected chi connectivity index (χ2v) is 8.82. The van der Waals surface area contributed by atoms with Crippen LogP contribution in [0.15, 0.2) is 72.4 Å². The lowest BCUT2D eigenvalue weighted by Crippen LogP contribution is -2.43. The third-order valence-corrected chi connectivity index (χ3v) is 5.90. The molecule has 0 aliphatic carbocycles. The number of rotatable bonds is 11. The van der Waals surface area contributed by atoms with Crippen molar-refractivity contribution in [3.05, 3.63) is 88.4 Å². The fourth-order valence-corrected chi connectivity index (χ4v) is 4.13. The van der Waals surface area contributed by atoms with E-state index in [1.165, 1.54) is 18.3 Å². The minimum Gasteiger partial charge on any atom is -0.443 e. The number of alkyl carbamates (subject to hydrolysis) is 1. The van der Waals surface area contributed by atoms with Gasteiger partial charge in [-0.15, -0.1) is 11.3 Å². The van der Waals surface area contributed by atoms with Gasteiger partial charge in [-0.1, -0.05) is 60.7 Å². The fraction of sp³-hybridized carbons (Fsp3) is 0.320. The molecule has 2 amide bonds. The average Bonchev–Trinajstić information content (AvgIpc) is 3.32. The summed E-state index contributed by atoms with van der Waals surface area (Å²) in [4.78, 5) is 29.1. The van der Waals surface area contributed by atoms with Crippen LogP contribution in [0.4, 0.5) is 4.79 Å². The number of carbonyl (C=O) groups excluding carboxylic acids is 2. The van der Waals surface area contributed by atoms with Gasteiger partial charge in [-0.3, -0.25) is 9.78 Å². The Labute approximate surface area is 197 Å². The molecule has 3 rings (SSSR count). The summed E-state index contributed by atoms with van der Waals surface area (Å²) in [6, 6.07) is 19.0. The van der Waals surface area contributed by atoms with Crippen LogP contribution in [0.25, 0.3) is 0 Å². The number of aliphatic hydroxyl groups excluding tert-OH is 1. The first-order valence-electron chi connectivity index (χ1n) is 10.8. The van der Waals surface area contributed by atoms with E-state index in [4.69, 9.17) is 4.74 Å². The molecule has 0 radical (unpaired) electrons. The Morgan fingerprint density at radius 1 is 1.03 bits per heavy atom. The maximum absolute atomic E-state index is 12.5. The molecular weight excluding hydrogens is 438 g/mol. The molecule has 3 aromatic rings. The van der Waals surface area contributed by atoms with Gasteiger partial charge >= 0.3 is 6.09 Å². The fourth-order valence-electron chi connectivity index (χ4n) is 3.59. The van der Waals surface area contributed by atoms with E-state index in [9.17, 15) is 14.7 Å². The molecule has 0 saturated carbocycles. The second-order valence-electron chi connectivity index (χ2n) is 7.85. The summed E-state index contributed by atoms with van der Waals surface area (Å²) in [7, 11) is 0. The lowest BCUT2D eigenvalue weighted by molar-refractivity contribution is -0.120. The quantitative estimate of drug-likeness (QED) is 0.401. The molecule has 1 aromatic heterocycles. The number of aliphatic hydroxyl groups is 1. The molecule has 33 heavy (non-hydrogen) atoms. The molecule has 2 aromatic carbocycles. The Balaban J connectivity index is 1.67. The van der Waals surface area contributed by atoms with Gasteiger partial charge < -0.3 is 20.5 Å². The zero-order valence-corrected chi connectivity index (χ0v) is 19.3. The van der Waals surface area contributed by atoms with E-state index >= 15 is 0 Å². The molecule has 0 aliphatic heterocycles. The van der Waals surface area contributed by atoms with Gasteiger partial charge in [-0.25, -0.2) is 4.79 Å². The van der Waals surface area contributed by atoms with Gasteiger partial charge in [-0.05, 0) is 24.0 Å². The van der Waals surface area contributed by atoms with Crippen LogP contribution in [0.2, 0.25) is 0 Å². The van der Waals surface area contributed by atoms with Gasteiger partial charge in [0, 0.05) is 30.5 Å². The van der Waals surface area contributed by atoms with E-state index in [1.807, 2.05) is 60.7 Å². The molecule has 0 aliphatic rings. The van der Waals surface area contributed by atoms with Gasteiger partial charge in [-0.2, -0.15) is 0 Å². The maximum atomic E-state index is 12.5. The molecule has 3 N–H and O–H groups in total. The summed E-state index contributed by atoms with van der Waals surface area (Å²) in [6.07, 6.45) is 0.487. The van der Waals surface area contributed by atoms with Gasteiger partial charge in [0.1, 0.15) is 6.10 Å². The smallest absolute Gasteiger partial charge is 0.407 e. The minimum absolute atomic E-state index is 0.175. The van der Waals surface area contributed by atoms with E-state index in [1.54, 1.807) is 11.7 Å². The van der Waals surface area contributed by atoms with Crippen LogP contribution in [0.3, 0.4) is 0 Å². The normalized spacial score (nSPS) is 13.5. The van der Waals surface area contributed by atoms with Crippen molar-refractivity contribution in [3.8, 4) is 0 Å². The molecule has 7 nitrogen and oxygen atoms in total. The number of amides is 2. The molecule has 0 unspecified atom stereocenters. The lowest BCUT2D eigenvalue weighted by atomic mass is 9.95. The summed E-state index contributed by atoms with van der Waals surface area (Å²) in [6.45, 7) is 1.76. The van der Waals surface area contributed by atoms with Crippen molar-refractivity contribution < 1.29 is 19.4 Å². The van der Waals surface area contributed by atoms with Crippen molar-refractivity contribution in [2.45, 2.75) is 51.0 Å². The van der Waals surface area contributed by atoms with E-state index in [0.29, 0.717) is 19.4 Å². The molecule has 0 spiro atoms. The Morgan fingerprint density at radius 3 is 2.24 bits per heavy atom. The van der Waals surface area contributed by atoms with Crippen molar-refractivity contribution in [2.24, 2.45) is 0 Å². The number of hydrogen-bond acceptors (Lipinski definition) is 6. The zero-order valence-electron chi connectivity index (χ0n) is 18.5. The topological polar surface area (TPSA) is 101 Å². The molecule has 8 heteroatoms. The first-order chi connectivity index (χ1) is 16.0. The van der Waals surface area contributed by atoms with Crippen LogP contribution in [-0.4, -0.2) is 40.3 Å². The largest absolute Gasteiger partial charge is 0.443 e. The number of hydrogen-bond donors (Lipinski definition) is 3. The van der Waals surface area contributed by atoms with Gasteiger partial charge in [0.15, 0.2) is 0 Å². The van der Waals surface area contributed by atoms with E-state index < -0.39 is 18.3 Å². The highest BCUT2D eigenvalue weighted by Gasteiger charge is 2.27. The highest BCUT2D eigenvalue weighted by Crippen LogP contribution is 2.16. The first kappa shape index (κ1) is 24.4. The van der Waals surface area contributed by atoms with E-state index in [-0.39, 0.29) is 18.4 Å². The predicted molar refractivity (Wildman–Crippen MR) is 128 cm³/mol. The van der Waals surface area contributed by atoms with Crippen molar-refractivity contribution in [2.75, 3.05) is 0 Å². The Hall–Kier alpha value is -3.23. The number of nitrogens with one attached hydrogen (secondary N) is 2. The zero-order chi connectivity index (χ0) is 23.5. The van der Waals surface area contributed by atoms with Crippen LogP contribution in [0.5, 0.6) is 0 Å². The highest BCUT2D eigenvalue weighted by molar-refractivity contribution is 7.09. The number of thiazole rings is 1. The number of benzene rings is 2. The van der Waals surface area contributed by atoms with Crippen LogP contribution in [-0.2, 0) is 28.9 Å². The molecule has 3 atom stereocenters. The van der Waals surface area contributed by atoms with Crippen LogP contribution < -0.4 is 10.6 Å². The highest BCUT2D eigenvalue weighted by atomic mass is 32.1. The monoisotopic (exact) mass is 467 g/mol. The number of carbonyl (C=O) groups is 2. The van der Waals surface area contributed by atoms with Gasteiger partial charge in [0.05, 0.1) is 18.2 Å². The average molecular weight is 468 g/mol. The molecule has 0 bridgehead atoms. The first-order valence-corrected chi connectivity index (χ1v) is 11.7. The van der Waals surface area contributed by atoms with Crippen LogP contribution in [0, 0.1) is 0 Å². The van der Waals surface area contributed by atoms with Crippen LogP contribution in [0.1, 0.15) is 29.3 Å². The van der Waals surface area contributed by atoms with Crippen molar-refractivity contribution >= 4 is 23.3 Å². The second kappa shape index (κ2) is 12.7. The van der Waals surface area contributed by atoms with Gasteiger partial charge in [0.2, 0.25) is 5.91 Å². The van der Waals surface area contributed by atoms with Gasteiger partial charge in [0.25, 0.3) is 0 Å².